The van der Waals surface area contributed by atoms with Gasteiger partial charge in [-0.25, -0.2) is 4.98 Å². The lowest BCUT2D eigenvalue weighted by molar-refractivity contribution is 0.473. The van der Waals surface area contributed by atoms with Gasteiger partial charge >= 0.3 is 0 Å². The summed E-state index contributed by atoms with van der Waals surface area (Å²) in [4.78, 5) is 4.44. The molecule has 3 nitrogen and oxygen atoms in total. The fourth-order valence-electron chi connectivity index (χ4n) is 3.27. The molecule has 4 aromatic rings. The number of pyridine rings is 1. The van der Waals surface area contributed by atoms with Crippen LogP contribution in [0.4, 0.5) is 5.82 Å². The SMILES string of the molecule is Cc1ccc(NC(c2cccc(Cl)c2Cl)c2ccc3ccccc3c2O)nc1. The summed E-state index contributed by atoms with van der Waals surface area (Å²) in [6, 6.07) is 20.5. The lowest BCUT2D eigenvalue weighted by Crippen LogP contribution is -2.14. The second-order valence-electron chi connectivity index (χ2n) is 6.67. The molecular formula is C23H18Cl2N2O. The molecule has 0 aliphatic heterocycles. The number of aromatic nitrogens is 1. The van der Waals surface area contributed by atoms with Gasteiger partial charge in [0.25, 0.3) is 0 Å². The number of nitrogens with one attached hydrogen (secondary N) is 1. The summed E-state index contributed by atoms with van der Waals surface area (Å²) in [7, 11) is 0. The van der Waals surface area contributed by atoms with Crippen LogP contribution in [0.1, 0.15) is 22.7 Å². The van der Waals surface area contributed by atoms with Crippen molar-refractivity contribution in [2.75, 3.05) is 5.32 Å². The molecule has 3 aromatic carbocycles. The number of nitrogens with zero attached hydrogens (tertiary/aromatic N) is 1. The quantitative estimate of drug-likeness (QED) is 0.392. The Bertz CT molecular complexity index is 1140. The minimum Gasteiger partial charge on any atom is -0.507 e. The molecule has 140 valence electrons. The van der Waals surface area contributed by atoms with E-state index < -0.39 is 6.04 Å². The first-order valence-electron chi connectivity index (χ1n) is 8.88. The van der Waals surface area contributed by atoms with Gasteiger partial charge in [-0.1, -0.05) is 77.8 Å². The van der Waals surface area contributed by atoms with Crippen LogP contribution in [0.25, 0.3) is 10.8 Å². The maximum atomic E-state index is 11.0. The van der Waals surface area contributed by atoms with E-state index in [1.165, 1.54) is 0 Å². The zero-order valence-electron chi connectivity index (χ0n) is 15.2. The van der Waals surface area contributed by atoms with Gasteiger partial charge in [-0.05, 0) is 35.6 Å². The Labute approximate surface area is 173 Å². The fraction of sp³-hybridized carbons (Fsp3) is 0.0870. The Balaban J connectivity index is 1.89. The molecule has 0 radical (unpaired) electrons. The normalized spacial score (nSPS) is 12.1. The molecule has 1 aromatic heterocycles. The van der Waals surface area contributed by atoms with E-state index in [0.29, 0.717) is 21.4 Å². The second kappa shape index (κ2) is 7.70. The number of fused-ring (bicyclic) bond motifs is 1. The van der Waals surface area contributed by atoms with Crippen LogP contribution < -0.4 is 5.32 Å². The number of hydrogen-bond acceptors (Lipinski definition) is 3. The molecule has 0 amide bonds. The summed E-state index contributed by atoms with van der Waals surface area (Å²) < 4.78 is 0. The van der Waals surface area contributed by atoms with Gasteiger partial charge < -0.3 is 10.4 Å². The number of phenols is 1. The topological polar surface area (TPSA) is 45.1 Å². The van der Waals surface area contributed by atoms with Gasteiger partial charge in [0.05, 0.1) is 16.1 Å². The highest BCUT2D eigenvalue weighted by atomic mass is 35.5. The molecule has 4 rings (SSSR count). The maximum Gasteiger partial charge on any atom is 0.129 e. The van der Waals surface area contributed by atoms with Crippen LogP contribution in [0.15, 0.2) is 72.9 Å². The van der Waals surface area contributed by atoms with Crippen molar-refractivity contribution in [1.29, 1.82) is 0 Å². The minimum absolute atomic E-state index is 0.207. The standard InChI is InChI=1S/C23H18Cl2N2O/c1-14-9-12-20(26-13-14)27-22(17-7-4-8-19(24)21(17)25)18-11-10-15-5-2-3-6-16(15)23(18)28/h2-13,22,28H,1H3,(H,26,27). The van der Waals surface area contributed by atoms with Crippen LogP contribution >= 0.6 is 23.2 Å². The number of halogens is 2. The van der Waals surface area contributed by atoms with Crippen molar-refractivity contribution in [3.63, 3.8) is 0 Å². The van der Waals surface area contributed by atoms with E-state index in [-0.39, 0.29) is 5.75 Å². The number of aryl methyl sites for hydroxylation is 1. The zero-order valence-corrected chi connectivity index (χ0v) is 16.7. The third-order valence-corrected chi connectivity index (χ3v) is 5.57. The molecule has 1 heterocycles. The van der Waals surface area contributed by atoms with Crippen LogP contribution in [-0.2, 0) is 0 Å². The van der Waals surface area contributed by atoms with Crippen molar-refractivity contribution >= 4 is 39.8 Å². The van der Waals surface area contributed by atoms with Crippen molar-refractivity contribution in [1.82, 2.24) is 4.98 Å². The van der Waals surface area contributed by atoms with E-state index in [0.717, 1.165) is 21.9 Å². The average molecular weight is 409 g/mol. The molecule has 0 fully saturated rings. The van der Waals surface area contributed by atoms with E-state index in [4.69, 9.17) is 23.2 Å². The zero-order chi connectivity index (χ0) is 19.7. The van der Waals surface area contributed by atoms with E-state index in [1.54, 1.807) is 12.3 Å². The first kappa shape index (κ1) is 18.6. The summed E-state index contributed by atoms with van der Waals surface area (Å²) in [5.41, 5.74) is 2.53. The smallest absolute Gasteiger partial charge is 0.129 e. The number of anilines is 1. The number of aromatic hydroxyl groups is 1. The van der Waals surface area contributed by atoms with E-state index in [2.05, 4.69) is 10.3 Å². The van der Waals surface area contributed by atoms with Crippen molar-refractivity contribution < 1.29 is 5.11 Å². The number of rotatable bonds is 4. The Morgan fingerprint density at radius 3 is 2.50 bits per heavy atom. The van der Waals surface area contributed by atoms with Crippen LogP contribution in [-0.4, -0.2) is 10.1 Å². The lowest BCUT2D eigenvalue weighted by Gasteiger charge is -2.23. The average Bonchev–Trinajstić information content (AvgIpc) is 2.71. The predicted molar refractivity (Wildman–Crippen MR) is 117 cm³/mol. The van der Waals surface area contributed by atoms with Gasteiger partial charge in [0.15, 0.2) is 0 Å². The van der Waals surface area contributed by atoms with Crippen molar-refractivity contribution in [2.45, 2.75) is 13.0 Å². The monoisotopic (exact) mass is 408 g/mol. The van der Waals surface area contributed by atoms with E-state index >= 15 is 0 Å². The molecule has 0 aliphatic carbocycles. The van der Waals surface area contributed by atoms with Crippen molar-refractivity contribution in [3.8, 4) is 5.75 Å². The highest BCUT2D eigenvalue weighted by Crippen LogP contribution is 2.40. The first-order valence-corrected chi connectivity index (χ1v) is 9.64. The molecule has 2 N–H and O–H groups in total. The van der Waals surface area contributed by atoms with Crippen molar-refractivity contribution in [3.05, 3.63) is 99.7 Å². The highest BCUT2D eigenvalue weighted by molar-refractivity contribution is 6.42. The largest absolute Gasteiger partial charge is 0.507 e. The summed E-state index contributed by atoms with van der Waals surface area (Å²) in [5.74, 6) is 0.887. The van der Waals surface area contributed by atoms with Crippen LogP contribution in [0.2, 0.25) is 10.0 Å². The van der Waals surface area contributed by atoms with E-state index in [1.807, 2.05) is 67.6 Å². The van der Waals surface area contributed by atoms with Gasteiger partial charge in [0, 0.05) is 17.1 Å². The fourth-order valence-corrected chi connectivity index (χ4v) is 3.69. The summed E-state index contributed by atoms with van der Waals surface area (Å²) in [6.07, 6.45) is 1.79. The molecule has 0 spiro atoms. The second-order valence-corrected chi connectivity index (χ2v) is 7.45. The molecule has 1 atom stereocenters. The number of phenolic OH excluding ortho intramolecular Hbond substituents is 1. The summed E-state index contributed by atoms with van der Waals surface area (Å²) in [6.45, 7) is 1.98. The molecular weight excluding hydrogens is 391 g/mol. The number of hydrogen-bond donors (Lipinski definition) is 2. The van der Waals surface area contributed by atoms with Gasteiger partial charge in [-0.15, -0.1) is 0 Å². The summed E-state index contributed by atoms with van der Waals surface area (Å²) in [5, 5.41) is 17.1. The molecule has 0 aliphatic rings. The predicted octanol–water partition coefficient (Wildman–Crippen LogP) is 6.76. The van der Waals surface area contributed by atoms with Crippen LogP contribution in [0.5, 0.6) is 5.75 Å². The molecule has 1 unspecified atom stereocenters. The van der Waals surface area contributed by atoms with Gasteiger partial charge in [-0.2, -0.15) is 0 Å². The maximum absolute atomic E-state index is 11.0. The minimum atomic E-state index is -0.425. The Morgan fingerprint density at radius 2 is 1.71 bits per heavy atom. The van der Waals surface area contributed by atoms with Gasteiger partial charge in [-0.3, -0.25) is 0 Å². The third-order valence-electron chi connectivity index (χ3n) is 4.74. The Morgan fingerprint density at radius 1 is 0.893 bits per heavy atom. The first-order chi connectivity index (χ1) is 13.5. The van der Waals surface area contributed by atoms with Crippen LogP contribution in [0.3, 0.4) is 0 Å². The van der Waals surface area contributed by atoms with E-state index in [9.17, 15) is 5.11 Å². The molecule has 0 saturated carbocycles. The molecule has 5 heteroatoms. The van der Waals surface area contributed by atoms with Gasteiger partial charge in [0.2, 0.25) is 0 Å². The highest BCUT2D eigenvalue weighted by Gasteiger charge is 2.23. The number of benzene rings is 3. The Hall–Kier alpha value is -2.75. The van der Waals surface area contributed by atoms with Gasteiger partial charge in [0.1, 0.15) is 11.6 Å². The lowest BCUT2D eigenvalue weighted by atomic mass is 9.94. The Kier molecular flexibility index (Phi) is 5.12. The molecule has 28 heavy (non-hydrogen) atoms. The van der Waals surface area contributed by atoms with Crippen molar-refractivity contribution in [2.24, 2.45) is 0 Å². The molecule has 0 bridgehead atoms. The molecule has 0 saturated heterocycles. The summed E-state index contributed by atoms with van der Waals surface area (Å²) >= 11 is 12.8. The third kappa shape index (κ3) is 3.51. The van der Waals surface area contributed by atoms with Crippen LogP contribution in [0, 0.1) is 6.92 Å².